The second kappa shape index (κ2) is 6.26. The molecule has 0 aliphatic heterocycles. The summed E-state index contributed by atoms with van der Waals surface area (Å²) in [6, 6.07) is 6.30. The summed E-state index contributed by atoms with van der Waals surface area (Å²) in [5.41, 5.74) is 8.20. The third-order valence-corrected chi connectivity index (χ3v) is 3.21. The van der Waals surface area contributed by atoms with E-state index in [0.29, 0.717) is 6.54 Å². The van der Waals surface area contributed by atoms with E-state index in [1.807, 2.05) is 0 Å². The summed E-state index contributed by atoms with van der Waals surface area (Å²) in [6.07, 6.45) is 1.20. The molecule has 0 bridgehead atoms. The van der Waals surface area contributed by atoms with Crippen LogP contribution in [0.15, 0.2) is 22.7 Å². The van der Waals surface area contributed by atoms with Crippen molar-refractivity contribution in [3.63, 3.8) is 0 Å². The number of anilines is 1. The topological polar surface area (TPSA) is 29.3 Å². The highest BCUT2D eigenvalue weighted by Gasteiger charge is 2.07. The zero-order chi connectivity index (χ0) is 12.1. The van der Waals surface area contributed by atoms with Crippen LogP contribution < -0.4 is 10.6 Å². The Morgan fingerprint density at radius 2 is 2.06 bits per heavy atom. The number of nitrogens with zero attached hydrogens (tertiary/aromatic N) is 1. The molecule has 90 valence electrons. The predicted molar refractivity (Wildman–Crippen MR) is 74.8 cm³/mol. The van der Waals surface area contributed by atoms with Gasteiger partial charge >= 0.3 is 0 Å². The van der Waals surface area contributed by atoms with Gasteiger partial charge < -0.3 is 10.6 Å². The maximum absolute atomic E-state index is 5.77. The first-order chi connectivity index (χ1) is 7.54. The van der Waals surface area contributed by atoms with Crippen LogP contribution in [0.4, 0.5) is 5.69 Å². The van der Waals surface area contributed by atoms with Crippen molar-refractivity contribution in [2.45, 2.75) is 26.8 Å². The lowest BCUT2D eigenvalue weighted by molar-refractivity contribution is 0.584. The average Bonchev–Trinajstić information content (AvgIpc) is 2.25. The third-order valence-electron chi connectivity index (χ3n) is 2.71. The van der Waals surface area contributed by atoms with E-state index in [0.717, 1.165) is 16.9 Å². The van der Waals surface area contributed by atoms with E-state index >= 15 is 0 Å². The summed E-state index contributed by atoms with van der Waals surface area (Å²) in [5.74, 6) is 0.735. The Hall–Kier alpha value is -0.540. The van der Waals surface area contributed by atoms with Crippen LogP contribution in [0.5, 0.6) is 0 Å². The quantitative estimate of drug-likeness (QED) is 0.898. The van der Waals surface area contributed by atoms with Gasteiger partial charge in [0.15, 0.2) is 0 Å². The molecule has 0 aliphatic carbocycles. The van der Waals surface area contributed by atoms with Crippen LogP contribution in [0.2, 0.25) is 0 Å². The molecule has 0 saturated carbocycles. The molecule has 16 heavy (non-hydrogen) atoms. The predicted octanol–water partition coefficient (Wildman–Crippen LogP) is 3.39. The highest BCUT2D eigenvalue weighted by Crippen LogP contribution is 2.24. The number of rotatable bonds is 5. The molecule has 0 amide bonds. The summed E-state index contributed by atoms with van der Waals surface area (Å²) >= 11 is 3.47. The van der Waals surface area contributed by atoms with Gasteiger partial charge in [-0.2, -0.15) is 0 Å². The summed E-state index contributed by atoms with van der Waals surface area (Å²) < 4.78 is 1.09. The maximum atomic E-state index is 5.77. The van der Waals surface area contributed by atoms with E-state index in [9.17, 15) is 0 Å². The Labute approximate surface area is 107 Å². The minimum absolute atomic E-state index is 0.584. The second-order valence-corrected chi connectivity index (χ2v) is 5.50. The van der Waals surface area contributed by atoms with Gasteiger partial charge in [0.2, 0.25) is 0 Å². The molecule has 0 spiro atoms. The zero-order valence-electron chi connectivity index (χ0n) is 10.3. The lowest BCUT2D eigenvalue weighted by Gasteiger charge is -2.23. The van der Waals surface area contributed by atoms with Crippen molar-refractivity contribution in [2.75, 3.05) is 18.5 Å². The Balaban J connectivity index is 2.77. The van der Waals surface area contributed by atoms with Crippen LogP contribution in [-0.4, -0.2) is 13.6 Å². The highest BCUT2D eigenvalue weighted by atomic mass is 79.9. The SMILES string of the molecule is CC(C)CCN(C)c1ccc(Br)cc1CN. The number of benzene rings is 1. The first-order valence-corrected chi connectivity index (χ1v) is 6.53. The average molecular weight is 285 g/mol. The minimum Gasteiger partial charge on any atom is -0.374 e. The van der Waals surface area contributed by atoms with Crippen molar-refractivity contribution < 1.29 is 0 Å². The fourth-order valence-corrected chi connectivity index (χ4v) is 2.07. The molecule has 1 aromatic carbocycles. The molecule has 0 saturated heterocycles. The maximum Gasteiger partial charge on any atom is 0.0409 e. The number of halogens is 1. The molecule has 0 heterocycles. The molecule has 2 nitrogen and oxygen atoms in total. The molecule has 3 heteroatoms. The van der Waals surface area contributed by atoms with Crippen molar-refractivity contribution in [3.05, 3.63) is 28.2 Å². The van der Waals surface area contributed by atoms with Gasteiger partial charge in [-0.1, -0.05) is 29.8 Å². The van der Waals surface area contributed by atoms with Crippen LogP contribution in [0.1, 0.15) is 25.8 Å². The second-order valence-electron chi connectivity index (χ2n) is 4.58. The number of hydrogen-bond donors (Lipinski definition) is 1. The van der Waals surface area contributed by atoms with E-state index in [1.54, 1.807) is 0 Å². The summed E-state index contributed by atoms with van der Waals surface area (Å²) in [6.45, 7) is 6.16. The number of hydrogen-bond acceptors (Lipinski definition) is 2. The van der Waals surface area contributed by atoms with Crippen molar-refractivity contribution in [1.82, 2.24) is 0 Å². The minimum atomic E-state index is 0.584. The smallest absolute Gasteiger partial charge is 0.0409 e. The normalized spacial score (nSPS) is 10.9. The van der Waals surface area contributed by atoms with E-state index in [-0.39, 0.29) is 0 Å². The Morgan fingerprint density at radius 1 is 1.38 bits per heavy atom. The lowest BCUT2D eigenvalue weighted by atomic mass is 10.1. The molecule has 1 aromatic rings. The third kappa shape index (κ3) is 3.80. The van der Waals surface area contributed by atoms with Crippen LogP contribution in [0.25, 0.3) is 0 Å². The van der Waals surface area contributed by atoms with Crippen molar-refractivity contribution in [1.29, 1.82) is 0 Å². The monoisotopic (exact) mass is 284 g/mol. The summed E-state index contributed by atoms with van der Waals surface area (Å²) in [7, 11) is 2.13. The molecule has 0 aliphatic rings. The van der Waals surface area contributed by atoms with E-state index < -0.39 is 0 Å². The van der Waals surface area contributed by atoms with Crippen LogP contribution in [0.3, 0.4) is 0 Å². The zero-order valence-corrected chi connectivity index (χ0v) is 11.9. The van der Waals surface area contributed by atoms with Crippen molar-refractivity contribution in [2.24, 2.45) is 11.7 Å². The van der Waals surface area contributed by atoms with Crippen molar-refractivity contribution >= 4 is 21.6 Å². The Kier molecular flexibility index (Phi) is 5.29. The number of nitrogens with two attached hydrogens (primary N) is 1. The van der Waals surface area contributed by atoms with Gasteiger partial charge in [0.25, 0.3) is 0 Å². The molecule has 0 aromatic heterocycles. The van der Waals surface area contributed by atoms with E-state index in [1.165, 1.54) is 17.7 Å². The summed E-state index contributed by atoms with van der Waals surface area (Å²) in [5, 5.41) is 0. The molecule has 0 atom stereocenters. The van der Waals surface area contributed by atoms with Gasteiger partial charge in [0.05, 0.1) is 0 Å². The largest absolute Gasteiger partial charge is 0.374 e. The molecular formula is C13H21BrN2. The summed E-state index contributed by atoms with van der Waals surface area (Å²) in [4.78, 5) is 2.29. The van der Waals surface area contributed by atoms with Gasteiger partial charge in [0.1, 0.15) is 0 Å². The van der Waals surface area contributed by atoms with Gasteiger partial charge in [-0.05, 0) is 36.1 Å². The van der Waals surface area contributed by atoms with E-state index in [2.05, 4.69) is 59.9 Å². The fourth-order valence-electron chi connectivity index (χ4n) is 1.66. The molecule has 0 fully saturated rings. The first kappa shape index (κ1) is 13.5. The van der Waals surface area contributed by atoms with Crippen molar-refractivity contribution in [3.8, 4) is 0 Å². The molecule has 0 radical (unpaired) electrons. The van der Waals surface area contributed by atoms with E-state index in [4.69, 9.17) is 5.73 Å². The molecule has 2 N–H and O–H groups in total. The van der Waals surface area contributed by atoms with Gasteiger partial charge in [-0.25, -0.2) is 0 Å². The van der Waals surface area contributed by atoms with Gasteiger partial charge in [-0.3, -0.25) is 0 Å². The van der Waals surface area contributed by atoms with Gasteiger partial charge in [0, 0.05) is 30.3 Å². The van der Waals surface area contributed by atoms with Crippen LogP contribution >= 0.6 is 15.9 Å². The van der Waals surface area contributed by atoms with Crippen LogP contribution in [-0.2, 0) is 6.54 Å². The van der Waals surface area contributed by atoms with Gasteiger partial charge in [-0.15, -0.1) is 0 Å². The Bertz CT molecular complexity index is 337. The molecular weight excluding hydrogens is 264 g/mol. The first-order valence-electron chi connectivity index (χ1n) is 5.74. The van der Waals surface area contributed by atoms with Crippen LogP contribution in [0, 0.1) is 5.92 Å². The highest BCUT2D eigenvalue weighted by molar-refractivity contribution is 9.10. The lowest BCUT2D eigenvalue weighted by Crippen LogP contribution is -2.21. The Morgan fingerprint density at radius 3 is 2.62 bits per heavy atom. The standard InChI is InChI=1S/C13H21BrN2/c1-10(2)6-7-16(3)13-5-4-12(14)8-11(13)9-15/h4-5,8,10H,6-7,9,15H2,1-3H3. The fraction of sp³-hybridized carbons (Fsp3) is 0.538. The molecule has 1 rings (SSSR count). The molecule has 0 unspecified atom stereocenters.